The van der Waals surface area contributed by atoms with E-state index in [9.17, 15) is 5.11 Å². The molecule has 0 aromatic heterocycles. The molecule has 154 valence electrons. The van der Waals surface area contributed by atoms with Crippen molar-refractivity contribution >= 4 is 37.0 Å². The molecule has 0 aliphatic carbocycles. The van der Waals surface area contributed by atoms with Crippen molar-refractivity contribution < 1.29 is 13.3 Å². The van der Waals surface area contributed by atoms with Crippen molar-refractivity contribution in [3.63, 3.8) is 0 Å². The highest BCUT2D eigenvalue weighted by atomic mass is 32.2. The van der Waals surface area contributed by atoms with Gasteiger partial charge in [-0.05, 0) is 68.5 Å². The molecule has 0 fully saturated rings. The normalized spacial score (nSPS) is 17.7. The van der Waals surface area contributed by atoms with Crippen LogP contribution in [0.5, 0.6) is 0 Å². The lowest BCUT2D eigenvalue weighted by molar-refractivity contribution is 0.375. The molecule has 0 saturated carbocycles. The predicted octanol–water partition coefficient (Wildman–Crippen LogP) is 6.10. The van der Waals surface area contributed by atoms with Crippen molar-refractivity contribution in [3.05, 3.63) is 48.2 Å². The zero-order chi connectivity index (χ0) is 20.6. The maximum atomic E-state index is 9.21. The van der Waals surface area contributed by atoms with Crippen LogP contribution in [0.2, 0.25) is 44.8 Å². The van der Waals surface area contributed by atoms with E-state index in [1.807, 2.05) is 5.70 Å². The van der Waals surface area contributed by atoms with Gasteiger partial charge in [-0.25, -0.2) is 0 Å². The molecule has 0 spiro atoms. The molecule has 0 aliphatic rings. The van der Waals surface area contributed by atoms with Crippen molar-refractivity contribution in [2.45, 2.75) is 64.1 Å². The van der Waals surface area contributed by atoms with Gasteiger partial charge in [0, 0.05) is 0 Å². The summed E-state index contributed by atoms with van der Waals surface area (Å²) in [6.07, 6.45) is 1.10. The summed E-state index contributed by atoms with van der Waals surface area (Å²) in [5.41, 5.74) is 3.35. The van der Waals surface area contributed by atoms with Gasteiger partial charge in [-0.3, -0.25) is 0 Å². The number of thioether (sulfide) groups is 1. The van der Waals surface area contributed by atoms with Crippen LogP contribution < -0.4 is 0 Å². The van der Waals surface area contributed by atoms with Crippen LogP contribution in [0.1, 0.15) is 24.8 Å². The second-order valence-electron chi connectivity index (χ2n) is 8.49. The molecule has 0 aliphatic heterocycles. The molecule has 0 saturated heterocycles. The highest BCUT2D eigenvalue weighted by Gasteiger charge is 2.42. The smallest absolute Gasteiger partial charge is 0.340 e. The van der Waals surface area contributed by atoms with Crippen LogP contribution in [0.4, 0.5) is 0 Å². The number of benzene rings is 1. The molecule has 7 heteroatoms. The lowest BCUT2D eigenvalue weighted by Gasteiger charge is -2.41. The predicted molar refractivity (Wildman–Crippen MR) is 128 cm³/mol. The van der Waals surface area contributed by atoms with Gasteiger partial charge in [0.05, 0.1) is 5.94 Å². The minimum atomic E-state index is -2.42. The van der Waals surface area contributed by atoms with E-state index in [0.29, 0.717) is 5.92 Å². The van der Waals surface area contributed by atoms with Crippen molar-refractivity contribution in [3.8, 4) is 0 Å². The molecule has 0 radical (unpaired) electrons. The average molecular weight is 443 g/mol. The number of hydrogen-bond acceptors (Lipinski definition) is 4. The van der Waals surface area contributed by atoms with E-state index in [1.165, 1.54) is 5.56 Å². The quantitative estimate of drug-likeness (QED) is 0.227. The molecule has 3 unspecified atom stereocenters. The molecule has 0 heterocycles. The van der Waals surface area contributed by atoms with E-state index in [2.05, 4.69) is 76.6 Å². The Kier molecular flexibility index (Phi) is 10.3. The Hall–Kier alpha value is -0.159. The molecular formula is C20H38O3SSi3. The average Bonchev–Trinajstić information content (AvgIpc) is 2.59. The summed E-state index contributed by atoms with van der Waals surface area (Å²) in [5.74, 6) is 1.60. The molecule has 3 nitrogen and oxygen atoms in total. The summed E-state index contributed by atoms with van der Waals surface area (Å²) in [5, 5.41) is 9.21. The molecule has 1 rings (SSSR count). The fraction of sp³-hybridized carbons (Fsp3) is 0.600. The molecule has 3 atom stereocenters. The molecule has 1 aromatic carbocycles. The second-order valence-corrected chi connectivity index (χ2v) is 21.7. The Labute approximate surface area is 174 Å². The molecule has 0 amide bonds. The van der Waals surface area contributed by atoms with Gasteiger partial charge in [0.25, 0.3) is 0 Å². The third-order valence-electron chi connectivity index (χ3n) is 4.64. The zero-order valence-electron chi connectivity index (χ0n) is 18.0. The van der Waals surface area contributed by atoms with Gasteiger partial charge in [-0.2, -0.15) is 0 Å². The van der Waals surface area contributed by atoms with Gasteiger partial charge in [0.1, 0.15) is 0 Å². The summed E-state index contributed by atoms with van der Waals surface area (Å²) in [4.78, 5) is 0. The Morgan fingerprint density at radius 2 is 1.74 bits per heavy atom. The largest absolute Gasteiger partial charge is 0.434 e. The van der Waals surface area contributed by atoms with Gasteiger partial charge in [0.15, 0.2) is 16.6 Å². The zero-order valence-corrected chi connectivity index (χ0v) is 21.8. The number of aliphatic hydroxyl groups excluding tert-OH is 1. The first-order valence-corrected chi connectivity index (χ1v) is 19.6. The van der Waals surface area contributed by atoms with Crippen LogP contribution in [-0.4, -0.2) is 42.0 Å². The van der Waals surface area contributed by atoms with Crippen LogP contribution in [0.3, 0.4) is 0 Å². The third kappa shape index (κ3) is 9.25. The molecule has 1 N–H and O–H groups in total. The minimum Gasteiger partial charge on any atom is -0.434 e. The highest BCUT2D eigenvalue weighted by Crippen LogP contribution is 2.35. The summed E-state index contributed by atoms with van der Waals surface area (Å²) >= 11 is 1.58. The fourth-order valence-corrected chi connectivity index (χ4v) is 18.4. The first kappa shape index (κ1) is 24.9. The van der Waals surface area contributed by atoms with Crippen LogP contribution in [-0.2, 0) is 8.23 Å². The third-order valence-corrected chi connectivity index (χ3v) is 16.7. The van der Waals surface area contributed by atoms with Crippen molar-refractivity contribution in [1.82, 2.24) is 0 Å². The summed E-state index contributed by atoms with van der Waals surface area (Å²) in [6, 6.07) is 12.9. The number of aliphatic hydroxyl groups is 1. The fourth-order valence-electron chi connectivity index (χ4n) is 3.49. The molecular weight excluding hydrogens is 405 g/mol. The monoisotopic (exact) mass is 442 g/mol. The molecule has 27 heavy (non-hydrogen) atoms. The van der Waals surface area contributed by atoms with Crippen LogP contribution in [0.25, 0.3) is 0 Å². The number of rotatable bonds is 13. The van der Waals surface area contributed by atoms with Crippen molar-refractivity contribution in [2.75, 3.05) is 11.7 Å². The van der Waals surface area contributed by atoms with E-state index in [-0.39, 0.29) is 5.94 Å². The van der Waals surface area contributed by atoms with Crippen LogP contribution in [0, 0.1) is 0 Å². The van der Waals surface area contributed by atoms with E-state index >= 15 is 0 Å². The topological polar surface area (TPSA) is 38.7 Å². The van der Waals surface area contributed by atoms with Crippen molar-refractivity contribution in [1.29, 1.82) is 0 Å². The first-order chi connectivity index (χ1) is 12.6. The summed E-state index contributed by atoms with van der Waals surface area (Å²) < 4.78 is 13.4. The summed E-state index contributed by atoms with van der Waals surface area (Å²) in [6.45, 7) is 17.5. The van der Waals surface area contributed by atoms with E-state index in [0.717, 1.165) is 24.3 Å². The van der Waals surface area contributed by atoms with E-state index in [1.54, 1.807) is 11.8 Å². The second kappa shape index (κ2) is 11.1. The Bertz CT molecular complexity index is 567. The minimum absolute atomic E-state index is 0.169. The van der Waals surface area contributed by atoms with Gasteiger partial charge < -0.3 is 13.3 Å². The molecule has 1 aromatic rings. The van der Waals surface area contributed by atoms with Crippen LogP contribution >= 0.6 is 11.8 Å². The van der Waals surface area contributed by atoms with Crippen LogP contribution in [0.15, 0.2) is 42.6 Å². The van der Waals surface area contributed by atoms with Gasteiger partial charge in [-0.15, -0.1) is 18.3 Å². The Morgan fingerprint density at radius 1 is 1.11 bits per heavy atom. The van der Waals surface area contributed by atoms with Crippen molar-refractivity contribution in [2.24, 2.45) is 0 Å². The lowest BCUT2D eigenvalue weighted by atomic mass is 9.99. The SMILES string of the molecule is C=C[Si](C)(O[Si](C)(C)C)O[Si](C)(CCSCO)CC(CC)c1ccccc1. The van der Waals surface area contributed by atoms with Gasteiger partial charge >= 0.3 is 8.56 Å². The highest BCUT2D eigenvalue weighted by molar-refractivity contribution is 7.99. The standard InChI is InChI=1S/C20H38O3SSi3/c1-8-19(20-13-11-10-12-14-20)17-26(6,16-15-24-18-21)23-27(7,9-2)22-25(3,4)5/h9-14,19,21H,2,8,15-18H2,1,3-7H3. The first-order valence-electron chi connectivity index (χ1n) is 9.84. The van der Waals surface area contributed by atoms with E-state index in [4.69, 9.17) is 8.23 Å². The van der Waals surface area contributed by atoms with E-state index < -0.39 is 25.2 Å². The number of hydrogen-bond donors (Lipinski definition) is 1. The lowest BCUT2D eigenvalue weighted by Crippen LogP contribution is -2.54. The summed E-state index contributed by atoms with van der Waals surface area (Å²) in [7, 11) is -6.19. The Balaban J connectivity index is 3.06. The Morgan fingerprint density at radius 3 is 2.22 bits per heavy atom. The molecule has 0 bridgehead atoms. The van der Waals surface area contributed by atoms with Gasteiger partial charge in [-0.1, -0.05) is 43.0 Å². The maximum absolute atomic E-state index is 9.21. The maximum Gasteiger partial charge on any atom is 0.340 e. The van der Waals surface area contributed by atoms with Gasteiger partial charge in [0.2, 0.25) is 0 Å².